The Morgan fingerprint density at radius 2 is 2.00 bits per heavy atom. The normalized spacial score (nSPS) is 10.8. The number of rotatable bonds is 7. The second kappa shape index (κ2) is 8.91. The molecular formula is C17H20ClN3OS. The Balaban J connectivity index is 2.01. The van der Waals surface area contributed by atoms with E-state index in [1.54, 1.807) is 18.3 Å². The molecule has 1 aromatic heterocycles. The van der Waals surface area contributed by atoms with Gasteiger partial charge in [0.05, 0.1) is 5.56 Å². The Labute approximate surface area is 146 Å². The molecule has 23 heavy (non-hydrogen) atoms. The van der Waals surface area contributed by atoms with E-state index in [1.807, 2.05) is 38.4 Å². The minimum Gasteiger partial charge on any atom is -0.352 e. The zero-order chi connectivity index (χ0) is 16.7. The Kier molecular flexibility index (Phi) is 6.89. The van der Waals surface area contributed by atoms with Crippen molar-refractivity contribution in [1.29, 1.82) is 0 Å². The molecule has 1 amide bonds. The molecule has 4 nitrogen and oxygen atoms in total. The van der Waals surface area contributed by atoms with Crippen LogP contribution in [0, 0.1) is 0 Å². The van der Waals surface area contributed by atoms with Crippen molar-refractivity contribution in [3.63, 3.8) is 0 Å². The van der Waals surface area contributed by atoms with E-state index >= 15 is 0 Å². The van der Waals surface area contributed by atoms with Gasteiger partial charge in [-0.15, -0.1) is 0 Å². The van der Waals surface area contributed by atoms with Gasteiger partial charge in [-0.3, -0.25) is 4.79 Å². The first-order valence-corrected chi connectivity index (χ1v) is 8.57. The number of benzene rings is 1. The van der Waals surface area contributed by atoms with Gasteiger partial charge in [-0.05, 0) is 63.5 Å². The predicted octanol–water partition coefficient (Wildman–Crippen LogP) is 3.57. The molecule has 0 radical (unpaired) electrons. The second-order valence-corrected chi connectivity index (χ2v) is 6.82. The number of halogens is 1. The highest BCUT2D eigenvalue weighted by molar-refractivity contribution is 7.99. The lowest BCUT2D eigenvalue weighted by Crippen LogP contribution is -2.27. The highest BCUT2D eigenvalue weighted by atomic mass is 35.5. The summed E-state index contributed by atoms with van der Waals surface area (Å²) in [5.74, 6) is -0.0895. The summed E-state index contributed by atoms with van der Waals surface area (Å²) < 4.78 is 0. The molecule has 2 aromatic rings. The zero-order valence-electron chi connectivity index (χ0n) is 13.3. The maximum atomic E-state index is 12.4. The van der Waals surface area contributed by atoms with Gasteiger partial charge in [0, 0.05) is 22.7 Å². The molecular weight excluding hydrogens is 330 g/mol. The lowest BCUT2D eigenvalue weighted by Gasteiger charge is -2.11. The molecule has 0 unspecified atom stereocenters. The molecule has 0 saturated heterocycles. The van der Waals surface area contributed by atoms with Crippen LogP contribution in [0.15, 0.2) is 52.5 Å². The summed E-state index contributed by atoms with van der Waals surface area (Å²) in [7, 11) is 4.04. The Morgan fingerprint density at radius 1 is 1.26 bits per heavy atom. The van der Waals surface area contributed by atoms with E-state index in [4.69, 9.17) is 11.6 Å². The molecule has 0 aliphatic heterocycles. The molecule has 0 saturated carbocycles. The van der Waals surface area contributed by atoms with Gasteiger partial charge in [0.2, 0.25) is 0 Å². The van der Waals surface area contributed by atoms with Crippen LogP contribution in [-0.2, 0) is 0 Å². The third-order valence-corrected chi connectivity index (χ3v) is 4.39. The lowest BCUT2D eigenvalue weighted by atomic mass is 10.2. The molecule has 1 heterocycles. The summed E-state index contributed by atoms with van der Waals surface area (Å²) in [4.78, 5) is 19.8. The van der Waals surface area contributed by atoms with Crippen molar-refractivity contribution >= 4 is 29.3 Å². The van der Waals surface area contributed by atoms with E-state index in [-0.39, 0.29) is 5.91 Å². The van der Waals surface area contributed by atoms with Gasteiger partial charge in [0.15, 0.2) is 0 Å². The zero-order valence-corrected chi connectivity index (χ0v) is 14.8. The highest BCUT2D eigenvalue weighted by Crippen LogP contribution is 2.29. The average Bonchev–Trinajstić information content (AvgIpc) is 2.54. The van der Waals surface area contributed by atoms with Crippen molar-refractivity contribution < 1.29 is 4.79 Å². The largest absolute Gasteiger partial charge is 0.352 e. The Hall–Kier alpha value is -1.56. The minimum atomic E-state index is -0.0895. The number of amides is 1. The van der Waals surface area contributed by atoms with Crippen LogP contribution in [0.5, 0.6) is 0 Å². The molecule has 0 atom stereocenters. The van der Waals surface area contributed by atoms with E-state index in [9.17, 15) is 4.79 Å². The van der Waals surface area contributed by atoms with E-state index in [2.05, 4.69) is 15.2 Å². The summed E-state index contributed by atoms with van der Waals surface area (Å²) in [6, 6.07) is 11.1. The van der Waals surface area contributed by atoms with Gasteiger partial charge in [-0.2, -0.15) is 0 Å². The van der Waals surface area contributed by atoms with Crippen molar-refractivity contribution in [3.05, 3.63) is 53.2 Å². The molecule has 2 rings (SSSR count). The fraction of sp³-hybridized carbons (Fsp3) is 0.294. The molecule has 1 N–H and O–H groups in total. The molecule has 0 fully saturated rings. The van der Waals surface area contributed by atoms with Crippen LogP contribution in [0.2, 0.25) is 5.02 Å². The SMILES string of the molecule is CN(C)CCCNC(=O)c1cccnc1Sc1ccc(Cl)cc1. The number of carbonyl (C=O) groups is 1. The summed E-state index contributed by atoms with van der Waals surface area (Å²) in [5.41, 5.74) is 0.595. The van der Waals surface area contributed by atoms with Gasteiger partial charge in [-0.25, -0.2) is 4.98 Å². The number of hydrogen-bond acceptors (Lipinski definition) is 4. The van der Waals surface area contributed by atoms with Gasteiger partial charge < -0.3 is 10.2 Å². The lowest BCUT2D eigenvalue weighted by molar-refractivity contribution is 0.0948. The van der Waals surface area contributed by atoms with Crippen LogP contribution in [0.3, 0.4) is 0 Å². The highest BCUT2D eigenvalue weighted by Gasteiger charge is 2.13. The van der Waals surface area contributed by atoms with Crippen LogP contribution in [0.4, 0.5) is 0 Å². The second-order valence-electron chi connectivity index (χ2n) is 5.32. The van der Waals surface area contributed by atoms with Crippen molar-refractivity contribution in [2.24, 2.45) is 0 Å². The van der Waals surface area contributed by atoms with Crippen LogP contribution >= 0.6 is 23.4 Å². The molecule has 122 valence electrons. The minimum absolute atomic E-state index is 0.0895. The topological polar surface area (TPSA) is 45.2 Å². The first-order valence-electron chi connectivity index (χ1n) is 7.37. The van der Waals surface area contributed by atoms with Gasteiger partial charge in [0.25, 0.3) is 5.91 Å². The number of nitrogens with one attached hydrogen (secondary N) is 1. The monoisotopic (exact) mass is 349 g/mol. The molecule has 1 aromatic carbocycles. The molecule has 0 spiro atoms. The quantitative estimate of drug-likeness (QED) is 0.776. The molecule has 6 heteroatoms. The van der Waals surface area contributed by atoms with Crippen LogP contribution in [-0.4, -0.2) is 43.0 Å². The van der Waals surface area contributed by atoms with E-state index < -0.39 is 0 Å². The van der Waals surface area contributed by atoms with Gasteiger partial charge >= 0.3 is 0 Å². The van der Waals surface area contributed by atoms with Gasteiger partial charge in [-0.1, -0.05) is 23.4 Å². The van der Waals surface area contributed by atoms with E-state index in [0.29, 0.717) is 22.2 Å². The average molecular weight is 350 g/mol. The van der Waals surface area contributed by atoms with E-state index in [0.717, 1.165) is 17.9 Å². The summed E-state index contributed by atoms with van der Waals surface area (Å²) in [6.45, 7) is 1.59. The fourth-order valence-corrected chi connectivity index (χ4v) is 2.96. The van der Waals surface area contributed by atoms with Gasteiger partial charge in [0.1, 0.15) is 5.03 Å². The number of carbonyl (C=O) groups excluding carboxylic acids is 1. The van der Waals surface area contributed by atoms with Crippen molar-refractivity contribution in [3.8, 4) is 0 Å². The third kappa shape index (κ3) is 5.86. The predicted molar refractivity (Wildman–Crippen MR) is 95.3 cm³/mol. The Bertz CT molecular complexity index is 647. The van der Waals surface area contributed by atoms with Crippen molar-refractivity contribution in [2.45, 2.75) is 16.3 Å². The summed E-state index contributed by atoms with van der Waals surface area (Å²) >= 11 is 7.35. The van der Waals surface area contributed by atoms with Crippen LogP contribution in [0.25, 0.3) is 0 Å². The third-order valence-electron chi connectivity index (χ3n) is 3.11. The standard InChI is InChI=1S/C17H20ClN3OS/c1-21(2)12-4-11-19-16(22)15-5-3-10-20-17(15)23-14-8-6-13(18)7-9-14/h3,5-10H,4,11-12H2,1-2H3,(H,19,22). The summed E-state index contributed by atoms with van der Waals surface area (Å²) in [5, 5.41) is 4.33. The number of aromatic nitrogens is 1. The molecule has 0 aliphatic rings. The maximum Gasteiger partial charge on any atom is 0.254 e. The maximum absolute atomic E-state index is 12.4. The Morgan fingerprint density at radius 3 is 2.70 bits per heavy atom. The van der Waals surface area contributed by atoms with Crippen LogP contribution < -0.4 is 5.32 Å². The number of nitrogens with zero attached hydrogens (tertiary/aromatic N) is 2. The first kappa shape index (κ1) is 17.8. The fourth-order valence-electron chi connectivity index (χ4n) is 1.95. The number of hydrogen-bond donors (Lipinski definition) is 1. The first-order chi connectivity index (χ1) is 11.1. The summed E-state index contributed by atoms with van der Waals surface area (Å²) in [6.07, 6.45) is 2.61. The molecule has 0 aliphatic carbocycles. The van der Waals surface area contributed by atoms with Crippen molar-refractivity contribution in [1.82, 2.24) is 15.2 Å². The van der Waals surface area contributed by atoms with Crippen molar-refractivity contribution in [2.75, 3.05) is 27.2 Å². The molecule has 0 bridgehead atoms. The van der Waals surface area contributed by atoms with E-state index in [1.165, 1.54) is 11.8 Å². The smallest absolute Gasteiger partial charge is 0.254 e. The van der Waals surface area contributed by atoms with Crippen LogP contribution in [0.1, 0.15) is 16.8 Å². The number of pyridine rings is 1.